The molecule has 0 amide bonds. The Bertz CT molecular complexity index is 1650. The summed E-state index contributed by atoms with van der Waals surface area (Å²) < 4.78 is 22.6. The number of unbranched alkanes of at least 4 members (excludes halogenated alkanes) is 14. The van der Waals surface area contributed by atoms with E-state index in [9.17, 15) is 9.59 Å². The van der Waals surface area contributed by atoms with Crippen molar-refractivity contribution in [2.75, 3.05) is 26.4 Å². The van der Waals surface area contributed by atoms with Crippen molar-refractivity contribution in [3.05, 3.63) is 119 Å². The van der Waals surface area contributed by atoms with Crippen LogP contribution in [0.2, 0.25) is 0 Å². The number of esters is 2. The molecule has 59 heavy (non-hydrogen) atoms. The Morgan fingerprint density at radius 1 is 0.407 bits per heavy atom. The molecule has 0 aliphatic carbocycles. The number of carbonyl (C=O) groups is 2. The molecule has 0 radical (unpaired) electrons. The molecule has 0 fully saturated rings. The van der Waals surface area contributed by atoms with Crippen LogP contribution in [-0.4, -0.2) is 50.8 Å². The van der Waals surface area contributed by atoms with E-state index >= 15 is 0 Å². The van der Waals surface area contributed by atoms with Crippen molar-refractivity contribution in [2.45, 2.75) is 123 Å². The van der Waals surface area contributed by atoms with E-state index in [1.807, 2.05) is 48.5 Å². The molecule has 0 bridgehead atoms. The molecule has 0 heterocycles. The highest BCUT2D eigenvalue weighted by Gasteiger charge is 2.09. The molecule has 0 N–H and O–H groups in total. The van der Waals surface area contributed by atoms with Gasteiger partial charge in [0.05, 0.1) is 48.9 Å². The molecule has 0 saturated heterocycles. The summed E-state index contributed by atoms with van der Waals surface area (Å²) in [6.07, 6.45) is 24.4. The molecule has 0 aromatic heterocycles. The topological polar surface area (TPSA) is 95.8 Å². The third-order valence-electron chi connectivity index (χ3n) is 9.98. The number of benzene rings is 4. The summed E-state index contributed by atoms with van der Waals surface area (Å²) in [5.41, 5.74) is 4.23. The molecule has 0 atom stereocenters. The van der Waals surface area contributed by atoms with E-state index in [4.69, 9.17) is 18.9 Å². The molecular formula is C51H66N2O6. The SMILES string of the molecule is CCCCCCCCCCOc1ccc(C=Nc2ccc(C(=O)OCCCOC(=O)c3ccc(N=Cc4ccc(OCCCCCCCCCC)cc4)cc3)cc2)cc1. The van der Waals surface area contributed by atoms with Crippen LogP contribution in [0.25, 0.3) is 0 Å². The van der Waals surface area contributed by atoms with Crippen LogP contribution in [-0.2, 0) is 9.47 Å². The fourth-order valence-electron chi connectivity index (χ4n) is 6.37. The first-order valence-corrected chi connectivity index (χ1v) is 22.1. The van der Waals surface area contributed by atoms with E-state index in [1.54, 1.807) is 61.0 Å². The second-order valence-electron chi connectivity index (χ2n) is 15.0. The smallest absolute Gasteiger partial charge is 0.338 e. The highest BCUT2D eigenvalue weighted by Crippen LogP contribution is 2.19. The van der Waals surface area contributed by atoms with Crippen molar-refractivity contribution in [3.63, 3.8) is 0 Å². The summed E-state index contributed by atoms with van der Waals surface area (Å²) >= 11 is 0. The summed E-state index contributed by atoms with van der Waals surface area (Å²) in [5, 5.41) is 0. The molecule has 4 aromatic rings. The Morgan fingerprint density at radius 2 is 0.746 bits per heavy atom. The molecule has 0 spiro atoms. The van der Waals surface area contributed by atoms with Crippen molar-refractivity contribution >= 4 is 35.7 Å². The van der Waals surface area contributed by atoms with Gasteiger partial charge in [0.25, 0.3) is 0 Å². The predicted octanol–water partition coefficient (Wildman–Crippen LogP) is 13.6. The number of hydrogen-bond donors (Lipinski definition) is 0. The van der Waals surface area contributed by atoms with Crippen molar-refractivity contribution < 1.29 is 28.5 Å². The lowest BCUT2D eigenvalue weighted by atomic mass is 10.1. The predicted molar refractivity (Wildman–Crippen MR) is 242 cm³/mol. The van der Waals surface area contributed by atoms with Gasteiger partial charge in [-0.3, -0.25) is 9.98 Å². The third kappa shape index (κ3) is 19.8. The minimum absolute atomic E-state index is 0.130. The average Bonchev–Trinajstić information content (AvgIpc) is 3.27. The number of aliphatic imine (C=N–C) groups is 2. The standard InChI is InChI=1S/C51H66N2O6/c1-3-5-7-9-11-13-15-17-36-56-48-32-20-42(21-33-48)40-52-46-28-24-44(25-29-46)50(54)58-38-19-39-59-51(55)45-26-30-47(31-27-45)53-41-43-22-34-49(35-23-43)57-37-18-16-14-12-10-8-6-4-2/h20-35,40-41H,3-19,36-39H2,1-2H3. The van der Waals surface area contributed by atoms with Crippen molar-refractivity contribution in [2.24, 2.45) is 9.98 Å². The molecular weight excluding hydrogens is 737 g/mol. The van der Waals surface area contributed by atoms with E-state index in [-0.39, 0.29) is 13.2 Å². The van der Waals surface area contributed by atoms with Crippen LogP contribution >= 0.6 is 0 Å². The minimum atomic E-state index is -0.441. The monoisotopic (exact) mass is 802 g/mol. The fraction of sp³-hybridized carbons (Fsp3) is 0.451. The van der Waals surface area contributed by atoms with E-state index in [2.05, 4.69) is 23.8 Å². The van der Waals surface area contributed by atoms with Crippen LogP contribution in [0.5, 0.6) is 11.5 Å². The Labute approximate surface area is 353 Å². The summed E-state index contributed by atoms with van der Waals surface area (Å²) in [6.45, 7) is 6.24. The average molecular weight is 803 g/mol. The van der Waals surface area contributed by atoms with Gasteiger partial charge in [-0.1, -0.05) is 104 Å². The Kier molecular flexibility index (Phi) is 22.9. The minimum Gasteiger partial charge on any atom is -0.494 e. The van der Waals surface area contributed by atoms with Crippen LogP contribution in [0.15, 0.2) is 107 Å². The normalized spacial score (nSPS) is 11.3. The number of nitrogens with zero attached hydrogens (tertiary/aromatic N) is 2. The number of carbonyl (C=O) groups excluding carboxylic acids is 2. The maximum absolute atomic E-state index is 12.6. The molecule has 0 aliphatic rings. The first kappa shape index (κ1) is 46.4. The zero-order chi connectivity index (χ0) is 41.6. The van der Waals surface area contributed by atoms with Crippen LogP contribution < -0.4 is 9.47 Å². The van der Waals surface area contributed by atoms with Gasteiger partial charge < -0.3 is 18.9 Å². The number of hydrogen-bond acceptors (Lipinski definition) is 8. The zero-order valence-corrected chi connectivity index (χ0v) is 35.6. The Balaban J connectivity index is 1.05. The van der Waals surface area contributed by atoms with Gasteiger partial charge >= 0.3 is 11.9 Å². The lowest BCUT2D eigenvalue weighted by molar-refractivity contribution is 0.0396. The second kappa shape index (κ2) is 29.0. The Morgan fingerprint density at radius 3 is 1.10 bits per heavy atom. The van der Waals surface area contributed by atoms with E-state index < -0.39 is 11.9 Å². The first-order chi connectivity index (χ1) is 29.0. The molecule has 0 saturated carbocycles. The number of ether oxygens (including phenoxy) is 4. The van der Waals surface area contributed by atoms with Crippen LogP contribution in [0.1, 0.15) is 155 Å². The van der Waals surface area contributed by atoms with Gasteiger partial charge in [-0.15, -0.1) is 0 Å². The van der Waals surface area contributed by atoms with Gasteiger partial charge in [0.2, 0.25) is 0 Å². The van der Waals surface area contributed by atoms with Gasteiger partial charge in [0.15, 0.2) is 0 Å². The largest absolute Gasteiger partial charge is 0.494 e. The summed E-state index contributed by atoms with van der Waals surface area (Å²) in [6, 6.07) is 29.7. The van der Waals surface area contributed by atoms with Gasteiger partial charge in [-0.05, 0) is 121 Å². The van der Waals surface area contributed by atoms with Gasteiger partial charge in [-0.25, -0.2) is 9.59 Å². The van der Waals surface area contributed by atoms with Crippen LogP contribution in [0, 0.1) is 0 Å². The highest BCUT2D eigenvalue weighted by atomic mass is 16.5. The lowest BCUT2D eigenvalue weighted by Crippen LogP contribution is -2.11. The third-order valence-corrected chi connectivity index (χ3v) is 9.98. The summed E-state index contributed by atoms with van der Waals surface area (Å²) in [7, 11) is 0. The molecule has 316 valence electrons. The number of rotatable bonds is 30. The summed E-state index contributed by atoms with van der Waals surface area (Å²) in [5.74, 6) is 0.852. The quantitative estimate of drug-likeness (QED) is 0.0296. The van der Waals surface area contributed by atoms with Crippen molar-refractivity contribution in [1.82, 2.24) is 0 Å². The lowest BCUT2D eigenvalue weighted by Gasteiger charge is -2.07. The highest BCUT2D eigenvalue weighted by molar-refractivity contribution is 5.91. The molecule has 0 unspecified atom stereocenters. The van der Waals surface area contributed by atoms with E-state index in [1.165, 1.54) is 89.9 Å². The molecule has 4 aromatic carbocycles. The maximum Gasteiger partial charge on any atom is 0.338 e. The van der Waals surface area contributed by atoms with E-state index in [0.29, 0.717) is 17.5 Å². The van der Waals surface area contributed by atoms with Gasteiger partial charge in [0.1, 0.15) is 11.5 Å². The van der Waals surface area contributed by atoms with Crippen LogP contribution in [0.3, 0.4) is 0 Å². The molecule has 4 rings (SSSR count). The molecule has 8 heteroatoms. The molecule has 0 aliphatic heterocycles. The van der Waals surface area contributed by atoms with Crippen molar-refractivity contribution in [1.29, 1.82) is 0 Å². The van der Waals surface area contributed by atoms with Crippen molar-refractivity contribution in [3.8, 4) is 11.5 Å². The second-order valence-corrected chi connectivity index (χ2v) is 15.0. The van der Waals surface area contributed by atoms with Gasteiger partial charge in [-0.2, -0.15) is 0 Å². The van der Waals surface area contributed by atoms with E-state index in [0.717, 1.165) is 60.1 Å². The zero-order valence-electron chi connectivity index (χ0n) is 35.6. The Hall–Kier alpha value is -5.24. The first-order valence-electron chi connectivity index (χ1n) is 22.1. The van der Waals surface area contributed by atoms with Gasteiger partial charge in [0, 0.05) is 18.9 Å². The summed E-state index contributed by atoms with van der Waals surface area (Å²) in [4.78, 5) is 34.2. The maximum atomic E-state index is 12.6. The molecule has 8 nitrogen and oxygen atoms in total. The fourth-order valence-corrected chi connectivity index (χ4v) is 6.37. The van der Waals surface area contributed by atoms with Crippen LogP contribution in [0.4, 0.5) is 11.4 Å².